The molecule has 0 aromatic rings. The van der Waals surface area contributed by atoms with Crippen LogP contribution >= 0.6 is 0 Å². The van der Waals surface area contributed by atoms with Gasteiger partial charge >= 0.3 is 0 Å². The second-order valence-corrected chi connectivity index (χ2v) is 6.60. The Balaban J connectivity index is 3.43. The van der Waals surface area contributed by atoms with E-state index in [0.717, 1.165) is 6.42 Å². The number of nitrogens with zero attached hydrogens (tertiary/aromatic N) is 1. The van der Waals surface area contributed by atoms with Gasteiger partial charge in [-0.05, 0) is 26.9 Å². The molecule has 0 heterocycles. The van der Waals surface area contributed by atoms with Crippen LogP contribution in [-0.4, -0.2) is 48.0 Å². The first-order chi connectivity index (χ1) is 10.6. The van der Waals surface area contributed by atoms with Gasteiger partial charge in [0.25, 0.3) is 0 Å². The van der Waals surface area contributed by atoms with E-state index in [1.165, 1.54) is 64.2 Å². The number of hydrogen-bond donors (Lipinski definition) is 2. The Labute approximate surface area is 138 Å². The van der Waals surface area contributed by atoms with E-state index in [9.17, 15) is 10.2 Å². The highest BCUT2D eigenvalue weighted by atomic mass is 16.3. The Hall–Kier alpha value is -0.380. The third kappa shape index (κ3) is 12.2. The first-order valence-electron chi connectivity index (χ1n) is 9.25. The van der Waals surface area contributed by atoms with Crippen LogP contribution in [0.1, 0.15) is 77.6 Å². The van der Waals surface area contributed by atoms with Gasteiger partial charge in [-0.1, -0.05) is 76.9 Å². The van der Waals surface area contributed by atoms with Gasteiger partial charge < -0.3 is 15.1 Å². The zero-order chi connectivity index (χ0) is 16.6. The fourth-order valence-electron chi connectivity index (χ4n) is 2.69. The predicted molar refractivity (Wildman–Crippen MR) is 96.2 cm³/mol. The molecular weight excluding hydrogens is 274 g/mol. The Morgan fingerprint density at radius 2 is 1.36 bits per heavy atom. The van der Waals surface area contributed by atoms with Crippen LogP contribution in [0.4, 0.5) is 0 Å². The molecule has 132 valence electrons. The molecule has 0 rings (SSSR count). The summed E-state index contributed by atoms with van der Waals surface area (Å²) >= 11 is 0. The standard InChI is InChI=1S/C19H39NO2/c1-4-5-6-7-8-9-10-11-12-13-14-15-16-19(22)18(17-21)20(2)3/h15-16,18-19,21-22H,4-14,17H2,1-3H3. The maximum atomic E-state index is 9.95. The number of allylic oxidation sites excluding steroid dienone is 1. The number of aliphatic hydroxyl groups is 2. The van der Waals surface area contributed by atoms with Crippen LogP contribution in [0.3, 0.4) is 0 Å². The van der Waals surface area contributed by atoms with Gasteiger partial charge in [0.1, 0.15) is 0 Å². The van der Waals surface area contributed by atoms with Crippen molar-refractivity contribution in [3.63, 3.8) is 0 Å². The monoisotopic (exact) mass is 313 g/mol. The molecule has 3 heteroatoms. The van der Waals surface area contributed by atoms with Crippen LogP contribution in [0.2, 0.25) is 0 Å². The van der Waals surface area contributed by atoms with E-state index in [1.54, 1.807) is 0 Å². The topological polar surface area (TPSA) is 43.7 Å². The number of aliphatic hydroxyl groups excluding tert-OH is 2. The van der Waals surface area contributed by atoms with Crippen LogP contribution in [-0.2, 0) is 0 Å². The van der Waals surface area contributed by atoms with E-state index in [-0.39, 0.29) is 12.6 Å². The van der Waals surface area contributed by atoms with Gasteiger partial charge in [0.05, 0.1) is 18.8 Å². The van der Waals surface area contributed by atoms with Crippen LogP contribution in [0.15, 0.2) is 12.2 Å². The lowest BCUT2D eigenvalue weighted by molar-refractivity contribution is 0.0672. The maximum Gasteiger partial charge on any atom is 0.0898 e. The van der Waals surface area contributed by atoms with Crippen molar-refractivity contribution in [3.8, 4) is 0 Å². The fraction of sp³-hybridized carbons (Fsp3) is 0.895. The summed E-state index contributed by atoms with van der Waals surface area (Å²) in [5, 5.41) is 19.2. The van der Waals surface area contributed by atoms with Crippen molar-refractivity contribution in [3.05, 3.63) is 12.2 Å². The molecule has 0 aliphatic rings. The zero-order valence-electron chi connectivity index (χ0n) is 15.1. The van der Waals surface area contributed by atoms with E-state index in [1.807, 2.05) is 25.1 Å². The Kier molecular flexibility index (Phi) is 15.2. The molecule has 0 aromatic carbocycles. The number of likely N-dealkylation sites (N-methyl/N-ethyl adjacent to an activating group) is 1. The Morgan fingerprint density at radius 1 is 0.864 bits per heavy atom. The highest BCUT2D eigenvalue weighted by Gasteiger charge is 2.17. The first kappa shape index (κ1) is 21.6. The molecule has 0 spiro atoms. The molecule has 2 unspecified atom stereocenters. The van der Waals surface area contributed by atoms with E-state index in [4.69, 9.17) is 0 Å². The summed E-state index contributed by atoms with van der Waals surface area (Å²) < 4.78 is 0. The number of hydrogen-bond acceptors (Lipinski definition) is 3. The largest absolute Gasteiger partial charge is 0.395 e. The summed E-state index contributed by atoms with van der Waals surface area (Å²) in [7, 11) is 3.75. The minimum Gasteiger partial charge on any atom is -0.395 e. The minimum atomic E-state index is -0.580. The average Bonchev–Trinajstić information content (AvgIpc) is 2.48. The van der Waals surface area contributed by atoms with Gasteiger partial charge in [-0.2, -0.15) is 0 Å². The van der Waals surface area contributed by atoms with Gasteiger partial charge in [0.15, 0.2) is 0 Å². The van der Waals surface area contributed by atoms with Gasteiger partial charge in [0, 0.05) is 0 Å². The van der Waals surface area contributed by atoms with E-state index in [0.29, 0.717) is 0 Å². The third-order valence-corrected chi connectivity index (χ3v) is 4.30. The number of unbranched alkanes of at least 4 members (excludes halogenated alkanes) is 10. The fourth-order valence-corrected chi connectivity index (χ4v) is 2.69. The molecule has 0 amide bonds. The van der Waals surface area contributed by atoms with Gasteiger partial charge in [0.2, 0.25) is 0 Å². The lowest BCUT2D eigenvalue weighted by Crippen LogP contribution is -2.40. The molecule has 3 nitrogen and oxygen atoms in total. The molecule has 0 radical (unpaired) electrons. The van der Waals surface area contributed by atoms with Crippen molar-refractivity contribution in [1.82, 2.24) is 4.90 Å². The van der Waals surface area contributed by atoms with Crippen LogP contribution < -0.4 is 0 Å². The summed E-state index contributed by atoms with van der Waals surface area (Å²) in [6, 6.07) is -0.205. The lowest BCUT2D eigenvalue weighted by atomic mass is 10.1. The lowest BCUT2D eigenvalue weighted by Gasteiger charge is -2.25. The van der Waals surface area contributed by atoms with Crippen molar-refractivity contribution in [2.45, 2.75) is 89.7 Å². The summed E-state index contributed by atoms with van der Waals surface area (Å²) in [4.78, 5) is 1.86. The van der Waals surface area contributed by atoms with Crippen LogP contribution in [0.5, 0.6) is 0 Å². The SMILES string of the molecule is CCCCCCCCCCCCC=CC(O)C(CO)N(C)C. The van der Waals surface area contributed by atoms with Crippen molar-refractivity contribution in [2.75, 3.05) is 20.7 Å². The quantitative estimate of drug-likeness (QED) is 0.353. The van der Waals surface area contributed by atoms with Crippen LogP contribution in [0, 0.1) is 0 Å². The van der Waals surface area contributed by atoms with Gasteiger partial charge in [-0.15, -0.1) is 0 Å². The molecule has 0 saturated heterocycles. The maximum absolute atomic E-state index is 9.95. The normalized spacial score (nSPS) is 14.8. The Morgan fingerprint density at radius 3 is 1.82 bits per heavy atom. The highest BCUT2D eigenvalue weighted by Crippen LogP contribution is 2.11. The minimum absolute atomic E-state index is 0.0171. The molecule has 0 aliphatic carbocycles. The molecule has 0 saturated carbocycles. The Bertz CT molecular complexity index is 254. The summed E-state index contributed by atoms with van der Waals surface area (Å²) in [5.74, 6) is 0. The van der Waals surface area contributed by atoms with E-state index >= 15 is 0 Å². The molecule has 0 fully saturated rings. The molecule has 22 heavy (non-hydrogen) atoms. The molecule has 0 aromatic heterocycles. The summed E-state index contributed by atoms with van der Waals surface area (Å²) in [6.07, 6.45) is 17.8. The smallest absolute Gasteiger partial charge is 0.0898 e. The van der Waals surface area contributed by atoms with Crippen molar-refractivity contribution in [2.24, 2.45) is 0 Å². The van der Waals surface area contributed by atoms with E-state index < -0.39 is 6.10 Å². The van der Waals surface area contributed by atoms with Gasteiger partial charge in [-0.3, -0.25) is 0 Å². The molecule has 0 bridgehead atoms. The van der Waals surface area contributed by atoms with Gasteiger partial charge in [-0.25, -0.2) is 0 Å². The molecule has 0 aliphatic heterocycles. The summed E-state index contributed by atoms with van der Waals surface area (Å²) in [5.41, 5.74) is 0. The molecular formula is C19H39NO2. The second kappa shape index (κ2) is 15.5. The van der Waals surface area contributed by atoms with E-state index in [2.05, 4.69) is 13.0 Å². The highest BCUT2D eigenvalue weighted by molar-refractivity contribution is 4.94. The third-order valence-electron chi connectivity index (χ3n) is 4.30. The number of rotatable bonds is 15. The molecule has 2 N–H and O–H groups in total. The zero-order valence-corrected chi connectivity index (χ0v) is 15.1. The van der Waals surface area contributed by atoms with Crippen LogP contribution in [0.25, 0.3) is 0 Å². The first-order valence-corrected chi connectivity index (χ1v) is 9.25. The summed E-state index contributed by atoms with van der Waals surface area (Å²) in [6.45, 7) is 2.24. The van der Waals surface area contributed by atoms with Crippen molar-refractivity contribution in [1.29, 1.82) is 0 Å². The average molecular weight is 314 g/mol. The van der Waals surface area contributed by atoms with Crippen molar-refractivity contribution < 1.29 is 10.2 Å². The molecule has 2 atom stereocenters. The van der Waals surface area contributed by atoms with Crippen molar-refractivity contribution >= 4 is 0 Å². The second-order valence-electron chi connectivity index (χ2n) is 6.60. The predicted octanol–water partition coefficient (Wildman–Crippen LogP) is 4.14.